The molecule has 0 saturated carbocycles. The van der Waals surface area contributed by atoms with Gasteiger partial charge in [0.15, 0.2) is 0 Å². The minimum atomic E-state index is -0.864. The van der Waals surface area contributed by atoms with Gasteiger partial charge in [0.25, 0.3) is 5.91 Å². The maximum absolute atomic E-state index is 13.2. The summed E-state index contributed by atoms with van der Waals surface area (Å²) in [4.78, 5) is 25.9. The molecule has 0 unspecified atom stereocenters. The van der Waals surface area contributed by atoms with Crippen LogP contribution in [0.25, 0.3) is 0 Å². The fourth-order valence-corrected chi connectivity index (χ4v) is 3.44. The number of rotatable bonds is 5. The molecule has 0 aliphatic carbocycles. The number of aliphatic carboxylic acids is 1. The van der Waals surface area contributed by atoms with Crippen LogP contribution in [0.5, 0.6) is 5.75 Å². The van der Waals surface area contributed by atoms with Crippen LogP contribution >= 0.6 is 0 Å². The molecule has 0 aromatic heterocycles. The number of ether oxygens (including phenoxy) is 1. The monoisotopic (exact) mass is 371 g/mol. The van der Waals surface area contributed by atoms with Crippen molar-refractivity contribution in [2.24, 2.45) is 5.92 Å². The quantitative estimate of drug-likeness (QED) is 0.870. The number of benzene rings is 2. The molecule has 0 bridgehead atoms. The van der Waals surface area contributed by atoms with Crippen LogP contribution in [0, 0.1) is 11.7 Å². The number of hydrogen-bond donors (Lipinski definition) is 1. The van der Waals surface area contributed by atoms with Crippen LogP contribution < -0.4 is 4.74 Å². The van der Waals surface area contributed by atoms with Crippen LogP contribution in [0.3, 0.4) is 0 Å². The van der Waals surface area contributed by atoms with Gasteiger partial charge in [-0.3, -0.25) is 9.59 Å². The number of nitrogens with zero attached hydrogens (tertiary/aromatic N) is 1. The van der Waals surface area contributed by atoms with Gasteiger partial charge < -0.3 is 14.7 Å². The zero-order valence-electron chi connectivity index (χ0n) is 15.1. The average molecular weight is 371 g/mol. The molecular weight excluding hydrogens is 349 g/mol. The maximum Gasteiger partial charge on any atom is 0.308 e. The van der Waals surface area contributed by atoms with E-state index in [1.807, 2.05) is 6.07 Å². The topological polar surface area (TPSA) is 66.8 Å². The summed E-state index contributed by atoms with van der Waals surface area (Å²) in [6.07, 6.45) is 1.26. The maximum atomic E-state index is 13.2. The molecule has 1 fully saturated rings. The van der Waals surface area contributed by atoms with E-state index in [-0.39, 0.29) is 24.4 Å². The van der Waals surface area contributed by atoms with Crippen LogP contribution in [0.2, 0.25) is 0 Å². The average Bonchev–Trinajstić information content (AvgIpc) is 2.66. The molecule has 3 rings (SSSR count). The Morgan fingerprint density at radius 1 is 1.22 bits per heavy atom. The Hall–Kier alpha value is -2.89. The lowest BCUT2D eigenvalue weighted by Gasteiger charge is -2.37. The molecule has 1 N–H and O–H groups in total. The summed E-state index contributed by atoms with van der Waals surface area (Å²) in [5.74, 6) is -1.54. The van der Waals surface area contributed by atoms with E-state index in [4.69, 9.17) is 4.74 Å². The van der Waals surface area contributed by atoms with Crippen LogP contribution in [-0.2, 0) is 11.4 Å². The molecule has 1 amide bonds. The molecule has 1 aliphatic rings. The van der Waals surface area contributed by atoms with Crippen molar-refractivity contribution in [2.45, 2.75) is 32.4 Å². The van der Waals surface area contributed by atoms with Gasteiger partial charge in [-0.05, 0) is 49.6 Å². The summed E-state index contributed by atoms with van der Waals surface area (Å²) in [5.41, 5.74) is 1.28. The molecule has 142 valence electrons. The van der Waals surface area contributed by atoms with Crippen LogP contribution in [0.4, 0.5) is 4.39 Å². The molecule has 1 aliphatic heterocycles. The molecule has 27 heavy (non-hydrogen) atoms. The molecule has 1 heterocycles. The fourth-order valence-electron chi connectivity index (χ4n) is 3.44. The largest absolute Gasteiger partial charge is 0.489 e. The van der Waals surface area contributed by atoms with Crippen molar-refractivity contribution in [2.75, 3.05) is 6.54 Å². The van der Waals surface area contributed by atoms with E-state index in [9.17, 15) is 19.1 Å². The van der Waals surface area contributed by atoms with Gasteiger partial charge >= 0.3 is 5.97 Å². The summed E-state index contributed by atoms with van der Waals surface area (Å²) in [6.45, 7) is 2.54. The molecule has 0 radical (unpaired) electrons. The first-order valence-electron chi connectivity index (χ1n) is 8.97. The van der Waals surface area contributed by atoms with E-state index < -0.39 is 11.9 Å². The molecule has 5 nitrogen and oxygen atoms in total. The SMILES string of the molecule is C[C@@H]1[C@H](C(=O)O)CCCN1C(=O)c1cccc(COc2cccc(F)c2)c1. The number of amides is 1. The van der Waals surface area contributed by atoms with Crippen LogP contribution in [0.15, 0.2) is 48.5 Å². The standard InChI is InChI=1S/C21H22FNO4/c1-14-19(21(25)26)9-4-10-23(14)20(24)16-6-2-5-15(11-16)13-27-18-8-3-7-17(22)12-18/h2-3,5-8,11-12,14,19H,4,9-10,13H2,1H3,(H,25,26)/t14-,19-/m1/s1. The lowest BCUT2D eigenvalue weighted by Crippen LogP contribution is -2.49. The highest BCUT2D eigenvalue weighted by molar-refractivity contribution is 5.95. The highest BCUT2D eigenvalue weighted by Gasteiger charge is 2.35. The Labute approximate surface area is 157 Å². The van der Waals surface area contributed by atoms with Gasteiger partial charge in [0.05, 0.1) is 5.92 Å². The summed E-state index contributed by atoms with van der Waals surface area (Å²) < 4.78 is 18.8. The number of piperidine rings is 1. The highest BCUT2D eigenvalue weighted by atomic mass is 19.1. The molecule has 1 saturated heterocycles. The van der Waals surface area contributed by atoms with Gasteiger partial charge in [-0.15, -0.1) is 0 Å². The first kappa shape index (κ1) is 18.9. The fraction of sp³-hybridized carbons (Fsp3) is 0.333. The van der Waals surface area contributed by atoms with Gasteiger partial charge in [-0.25, -0.2) is 4.39 Å². The van der Waals surface area contributed by atoms with Crippen molar-refractivity contribution in [3.8, 4) is 5.75 Å². The molecule has 2 aromatic rings. The Bertz CT molecular complexity index is 838. The number of carbonyl (C=O) groups is 2. The number of carbonyl (C=O) groups excluding carboxylic acids is 1. The van der Waals surface area contributed by atoms with Crippen molar-refractivity contribution >= 4 is 11.9 Å². The molecule has 0 spiro atoms. The zero-order chi connectivity index (χ0) is 19.4. The minimum Gasteiger partial charge on any atom is -0.489 e. The first-order valence-corrected chi connectivity index (χ1v) is 8.97. The third-order valence-electron chi connectivity index (χ3n) is 4.94. The molecule has 6 heteroatoms. The normalized spacial score (nSPS) is 19.6. The van der Waals surface area contributed by atoms with E-state index >= 15 is 0 Å². The Morgan fingerprint density at radius 2 is 2.00 bits per heavy atom. The Balaban J connectivity index is 1.70. The summed E-state index contributed by atoms with van der Waals surface area (Å²) >= 11 is 0. The van der Waals surface area contributed by atoms with E-state index in [2.05, 4.69) is 0 Å². The lowest BCUT2D eigenvalue weighted by atomic mass is 9.89. The predicted molar refractivity (Wildman–Crippen MR) is 98.0 cm³/mol. The summed E-state index contributed by atoms with van der Waals surface area (Å²) in [6, 6.07) is 12.6. The predicted octanol–water partition coefficient (Wildman–Crippen LogP) is 3.73. The number of carboxylic acids is 1. The van der Waals surface area contributed by atoms with Gasteiger partial charge in [-0.2, -0.15) is 0 Å². The first-order chi connectivity index (χ1) is 13.0. The van der Waals surface area contributed by atoms with E-state index in [1.165, 1.54) is 12.1 Å². The highest BCUT2D eigenvalue weighted by Crippen LogP contribution is 2.25. The second-order valence-corrected chi connectivity index (χ2v) is 6.77. The summed E-state index contributed by atoms with van der Waals surface area (Å²) in [7, 11) is 0. The van der Waals surface area contributed by atoms with Crippen LogP contribution in [-0.4, -0.2) is 34.5 Å². The van der Waals surface area contributed by atoms with E-state index in [0.717, 1.165) is 5.56 Å². The smallest absolute Gasteiger partial charge is 0.308 e. The number of carboxylic acid groups (broad SMARTS) is 1. The second kappa shape index (κ2) is 8.20. The lowest BCUT2D eigenvalue weighted by molar-refractivity contribution is -0.144. The molecular formula is C21H22FNO4. The number of likely N-dealkylation sites (tertiary alicyclic amines) is 1. The van der Waals surface area contributed by atoms with Gasteiger partial charge in [0.1, 0.15) is 18.2 Å². The van der Waals surface area contributed by atoms with E-state index in [0.29, 0.717) is 30.7 Å². The van der Waals surface area contributed by atoms with Crippen molar-refractivity contribution in [1.29, 1.82) is 0 Å². The van der Waals surface area contributed by atoms with Gasteiger partial charge in [0.2, 0.25) is 0 Å². The van der Waals surface area contributed by atoms with Crippen molar-refractivity contribution in [3.05, 3.63) is 65.5 Å². The van der Waals surface area contributed by atoms with Crippen molar-refractivity contribution < 1.29 is 23.8 Å². The molecule has 2 aromatic carbocycles. The van der Waals surface area contributed by atoms with Gasteiger partial charge in [0, 0.05) is 24.2 Å². The second-order valence-electron chi connectivity index (χ2n) is 6.77. The van der Waals surface area contributed by atoms with Crippen molar-refractivity contribution in [1.82, 2.24) is 4.90 Å². The summed E-state index contributed by atoms with van der Waals surface area (Å²) in [5, 5.41) is 9.34. The minimum absolute atomic E-state index is 0.180. The number of halogens is 1. The van der Waals surface area contributed by atoms with E-state index in [1.54, 1.807) is 42.2 Å². The van der Waals surface area contributed by atoms with Crippen molar-refractivity contribution in [3.63, 3.8) is 0 Å². The number of hydrogen-bond acceptors (Lipinski definition) is 3. The Morgan fingerprint density at radius 3 is 2.74 bits per heavy atom. The van der Waals surface area contributed by atoms with Crippen LogP contribution in [0.1, 0.15) is 35.7 Å². The Kier molecular flexibility index (Phi) is 5.74. The third kappa shape index (κ3) is 4.45. The zero-order valence-corrected chi connectivity index (χ0v) is 15.1. The third-order valence-corrected chi connectivity index (χ3v) is 4.94. The molecule has 2 atom stereocenters. The van der Waals surface area contributed by atoms with Gasteiger partial charge in [-0.1, -0.05) is 18.2 Å².